The molecule has 0 radical (unpaired) electrons. The minimum atomic E-state index is -3.44. The Labute approximate surface area is 134 Å². The summed E-state index contributed by atoms with van der Waals surface area (Å²) in [5.41, 5.74) is 0.543. The molecule has 0 fully saturated rings. The maximum Gasteiger partial charge on any atom is 0.232 e. The largest absolute Gasteiger partial charge is 0.356 e. The van der Waals surface area contributed by atoms with Gasteiger partial charge in [-0.05, 0) is 34.5 Å². The minimum Gasteiger partial charge on any atom is -0.356 e. The molecule has 21 heavy (non-hydrogen) atoms. The molecule has 0 heterocycles. The molecule has 1 aromatic rings. The Morgan fingerprint density at radius 2 is 2.00 bits per heavy atom. The van der Waals surface area contributed by atoms with Crippen LogP contribution in [0.4, 0.5) is 5.69 Å². The van der Waals surface area contributed by atoms with Crippen LogP contribution in [0.5, 0.6) is 0 Å². The SMILES string of the molecule is CCCCNC(=O)CCN(c1ccccc1Br)S(C)(=O)=O. The third-order valence-electron chi connectivity index (χ3n) is 2.92. The third kappa shape index (κ3) is 6.05. The van der Waals surface area contributed by atoms with E-state index in [1.807, 2.05) is 13.0 Å². The molecule has 5 nitrogen and oxygen atoms in total. The minimum absolute atomic E-state index is 0.124. The number of hydrogen-bond donors (Lipinski definition) is 1. The monoisotopic (exact) mass is 376 g/mol. The van der Waals surface area contributed by atoms with Gasteiger partial charge in [-0.2, -0.15) is 0 Å². The second kappa shape index (κ2) is 8.38. The number of amides is 1. The summed E-state index contributed by atoms with van der Waals surface area (Å²) in [6.45, 7) is 2.80. The lowest BCUT2D eigenvalue weighted by molar-refractivity contribution is -0.120. The molecule has 1 amide bonds. The van der Waals surface area contributed by atoms with E-state index in [-0.39, 0.29) is 18.9 Å². The molecule has 0 spiro atoms. The standard InChI is InChI=1S/C14H21BrN2O3S/c1-3-4-10-16-14(18)9-11-17(21(2,19)20)13-8-6-5-7-12(13)15/h5-8H,3-4,9-11H2,1-2H3,(H,16,18). The molecular formula is C14H21BrN2O3S. The normalized spacial score (nSPS) is 11.2. The third-order valence-corrected chi connectivity index (χ3v) is 4.77. The van der Waals surface area contributed by atoms with Crippen molar-refractivity contribution < 1.29 is 13.2 Å². The van der Waals surface area contributed by atoms with Crippen molar-refractivity contribution in [2.45, 2.75) is 26.2 Å². The summed E-state index contributed by atoms with van der Waals surface area (Å²) in [5, 5.41) is 2.78. The summed E-state index contributed by atoms with van der Waals surface area (Å²) in [4.78, 5) is 11.7. The zero-order valence-corrected chi connectivity index (χ0v) is 14.7. The van der Waals surface area contributed by atoms with Gasteiger partial charge in [0.25, 0.3) is 0 Å². The van der Waals surface area contributed by atoms with Gasteiger partial charge in [0.15, 0.2) is 0 Å². The highest BCUT2D eigenvalue weighted by atomic mass is 79.9. The molecule has 118 valence electrons. The predicted molar refractivity (Wildman–Crippen MR) is 88.9 cm³/mol. The molecular weight excluding hydrogens is 356 g/mol. The van der Waals surface area contributed by atoms with Gasteiger partial charge in [0.05, 0.1) is 11.9 Å². The summed E-state index contributed by atoms with van der Waals surface area (Å²) < 4.78 is 25.8. The first-order valence-corrected chi connectivity index (χ1v) is 9.49. The fraction of sp³-hybridized carbons (Fsp3) is 0.500. The Balaban J connectivity index is 2.74. The van der Waals surface area contributed by atoms with E-state index >= 15 is 0 Å². The van der Waals surface area contributed by atoms with Gasteiger partial charge in [-0.3, -0.25) is 9.10 Å². The number of nitrogens with zero attached hydrogens (tertiary/aromatic N) is 1. The lowest BCUT2D eigenvalue weighted by atomic mass is 10.3. The lowest BCUT2D eigenvalue weighted by Crippen LogP contribution is -2.35. The van der Waals surface area contributed by atoms with Crippen LogP contribution in [0.1, 0.15) is 26.2 Å². The van der Waals surface area contributed by atoms with Crippen LogP contribution in [0.15, 0.2) is 28.7 Å². The Bertz CT molecular complexity index is 575. The lowest BCUT2D eigenvalue weighted by Gasteiger charge is -2.23. The van der Waals surface area contributed by atoms with Crippen molar-refractivity contribution in [2.24, 2.45) is 0 Å². The average molecular weight is 377 g/mol. The second-order valence-corrected chi connectivity index (χ2v) is 7.50. The summed E-state index contributed by atoms with van der Waals surface area (Å²) in [6.07, 6.45) is 3.21. The molecule has 0 aliphatic carbocycles. The maximum atomic E-state index is 11.9. The Kier molecular flexibility index (Phi) is 7.17. The molecule has 0 saturated carbocycles. The molecule has 0 aliphatic rings. The highest BCUT2D eigenvalue weighted by Gasteiger charge is 2.20. The van der Waals surface area contributed by atoms with Crippen molar-refractivity contribution in [3.63, 3.8) is 0 Å². The fourth-order valence-electron chi connectivity index (χ4n) is 1.81. The van der Waals surface area contributed by atoms with E-state index in [9.17, 15) is 13.2 Å². The number of rotatable bonds is 8. The molecule has 0 unspecified atom stereocenters. The van der Waals surface area contributed by atoms with Crippen LogP contribution in [0.2, 0.25) is 0 Å². The number of benzene rings is 1. The quantitative estimate of drug-likeness (QED) is 0.708. The van der Waals surface area contributed by atoms with E-state index in [4.69, 9.17) is 0 Å². The first-order valence-electron chi connectivity index (χ1n) is 6.85. The summed E-state index contributed by atoms with van der Waals surface area (Å²) >= 11 is 3.34. The van der Waals surface area contributed by atoms with Crippen LogP contribution in [-0.4, -0.2) is 33.7 Å². The molecule has 0 bridgehead atoms. The predicted octanol–water partition coefficient (Wildman–Crippen LogP) is 2.52. The zero-order chi connectivity index (χ0) is 15.9. The number of anilines is 1. The van der Waals surface area contributed by atoms with Gasteiger partial charge in [-0.1, -0.05) is 25.5 Å². The molecule has 7 heteroatoms. The van der Waals surface area contributed by atoms with Gasteiger partial charge in [-0.25, -0.2) is 8.42 Å². The zero-order valence-electron chi connectivity index (χ0n) is 12.3. The van der Waals surface area contributed by atoms with E-state index in [2.05, 4.69) is 21.2 Å². The molecule has 0 atom stereocenters. The number of sulfonamides is 1. The topological polar surface area (TPSA) is 66.5 Å². The van der Waals surface area contributed by atoms with Crippen LogP contribution in [-0.2, 0) is 14.8 Å². The summed E-state index contributed by atoms with van der Waals surface area (Å²) in [5.74, 6) is -0.135. The average Bonchev–Trinajstić information content (AvgIpc) is 2.40. The number of nitrogens with one attached hydrogen (secondary N) is 1. The van der Waals surface area contributed by atoms with E-state index in [1.54, 1.807) is 18.2 Å². The number of carbonyl (C=O) groups excluding carboxylic acids is 1. The molecule has 0 saturated heterocycles. The molecule has 1 aromatic carbocycles. The van der Waals surface area contributed by atoms with Gasteiger partial charge in [0.1, 0.15) is 0 Å². The van der Waals surface area contributed by atoms with Gasteiger partial charge >= 0.3 is 0 Å². The first kappa shape index (κ1) is 18.0. The number of para-hydroxylation sites is 1. The van der Waals surface area contributed by atoms with Crippen molar-refractivity contribution >= 4 is 37.5 Å². The van der Waals surface area contributed by atoms with Crippen LogP contribution >= 0.6 is 15.9 Å². The number of hydrogen-bond acceptors (Lipinski definition) is 3. The smallest absolute Gasteiger partial charge is 0.232 e. The molecule has 1 N–H and O–H groups in total. The van der Waals surface area contributed by atoms with Crippen LogP contribution < -0.4 is 9.62 Å². The highest BCUT2D eigenvalue weighted by molar-refractivity contribution is 9.10. The molecule has 1 rings (SSSR count). The van der Waals surface area contributed by atoms with E-state index in [1.165, 1.54) is 4.31 Å². The van der Waals surface area contributed by atoms with Crippen LogP contribution in [0, 0.1) is 0 Å². The Hall–Kier alpha value is -1.08. The number of carbonyl (C=O) groups is 1. The number of unbranched alkanes of at least 4 members (excludes halogenated alkanes) is 1. The van der Waals surface area contributed by atoms with Crippen molar-refractivity contribution in [2.75, 3.05) is 23.7 Å². The summed E-state index contributed by atoms with van der Waals surface area (Å²) in [6, 6.07) is 7.06. The van der Waals surface area contributed by atoms with Crippen molar-refractivity contribution in [1.29, 1.82) is 0 Å². The van der Waals surface area contributed by atoms with Crippen LogP contribution in [0.3, 0.4) is 0 Å². The van der Waals surface area contributed by atoms with Crippen molar-refractivity contribution in [3.05, 3.63) is 28.7 Å². The van der Waals surface area contributed by atoms with Gasteiger partial charge in [-0.15, -0.1) is 0 Å². The summed E-state index contributed by atoms with van der Waals surface area (Å²) in [7, 11) is -3.44. The van der Waals surface area contributed by atoms with E-state index < -0.39 is 10.0 Å². The highest BCUT2D eigenvalue weighted by Crippen LogP contribution is 2.27. The van der Waals surface area contributed by atoms with Gasteiger partial charge in [0, 0.05) is 24.0 Å². The molecule has 0 aliphatic heterocycles. The van der Waals surface area contributed by atoms with Gasteiger partial charge < -0.3 is 5.32 Å². The fourth-order valence-corrected chi connectivity index (χ4v) is 3.37. The second-order valence-electron chi connectivity index (χ2n) is 4.74. The Morgan fingerprint density at radius 3 is 2.57 bits per heavy atom. The maximum absolute atomic E-state index is 11.9. The van der Waals surface area contributed by atoms with Crippen molar-refractivity contribution in [1.82, 2.24) is 5.32 Å². The van der Waals surface area contributed by atoms with Crippen LogP contribution in [0.25, 0.3) is 0 Å². The Morgan fingerprint density at radius 1 is 1.33 bits per heavy atom. The van der Waals surface area contributed by atoms with E-state index in [0.29, 0.717) is 16.7 Å². The molecule has 0 aromatic heterocycles. The first-order chi connectivity index (χ1) is 9.86. The number of halogens is 1. The van der Waals surface area contributed by atoms with Gasteiger partial charge in [0.2, 0.25) is 15.9 Å². The van der Waals surface area contributed by atoms with E-state index in [0.717, 1.165) is 19.1 Å². The van der Waals surface area contributed by atoms with Crippen molar-refractivity contribution in [3.8, 4) is 0 Å².